The average molecular weight is 538 g/mol. The molecule has 8 nitrogen and oxygen atoms in total. The van der Waals surface area contributed by atoms with E-state index < -0.39 is 5.60 Å². The van der Waals surface area contributed by atoms with Crippen LogP contribution in [0.5, 0.6) is 0 Å². The largest absolute Gasteiger partial charge is 0.388 e. The first-order chi connectivity index (χ1) is 19.3. The Kier molecular flexibility index (Phi) is 6.81. The van der Waals surface area contributed by atoms with Crippen molar-refractivity contribution in [3.8, 4) is 17.2 Å². The first-order valence-corrected chi connectivity index (χ1v) is 14.2. The molecular formula is C32H35N5O3. The summed E-state index contributed by atoms with van der Waals surface area (Å²) in [7, 11) is 0. The van der Waals surface area contributed by atoms with Gasteiger partial charge in [0.2, 0.25) is 5.78 Å². The Balaban J connectivity index is 1.34. The lowest BCUT2D eigenvalue weighted by atomic mass is 9.78. The van der Waals surface area contributed by atoms with Gasteiger partial charge in [0.25, 0.3) is 5.56 Å². The summed E-state index contributed by atoms with van der Waals surface area (Å²) in [6.07, 6.45) is 7.47. The van der Waals surface area contributed by atoms with Gasteiger partial charge in [-0.2, -0.15) is 15.3 Å². The molecule has 8 heteroatoms. The van der Waals surface area contributed by atoms with Crippen molar-refractivity contribution in [2.75, 3.05) is 6.61 Å². The zero-order chi connectivity index (χ0) is 27.9. The van der Waals surface area contributed by atoms with Crippen molar-refractivity contribution in [3.63, 3.8) is 0 Å². The molecule has 1 spiro atoms. The Labute approximate surface area is 233 Å². The van der Waals surface area contributed by atoms with Crippen LogP contribution in [0.1, 0.15) is 80.8 Å². The third kappa shape index (κ3) is 4.74. The maximum absolute atomic E-state index is 14.2. The number of ether oxygens (including phenoxy) is 1. The standard InChI is InChI=1S/C32H35N5O3/c1-3-6-28-27(17-22-9-11-23(12-10-22)26-8-5-4-7-24(26)18-33)29(38)36(30-34-21-35-37(28)30)25-13-15-32(16-14-25)19-31(2,39)20-40-32/h4-5,7-12,21,25,39H,3,6,13-17,19-20H2,1-2H3/t25-,31?,32-. The van der Waals surface area contributed by atoms with E-state index >= 15 is 0 Å². The number of hydrogen-bond acceptors (Lipinski definition) is 6. The van der Waals surface area contributed by atoms with E-state index in [2.05, 4.69) is 23.1 Å². The van der Waals surface area contributed by atoms with Gasteiger partial charge in [-0.05, 0) is 61.8 Å². The fourth-order valence-corrected chi connectivity index (χ4v) is 6.73. The predicted octanol–water partition coefficient (Wildman–Crippen LogP) is 5.00. The highest BCUT2D eigenvalue weighted by Crippen LogP contribution is 2.46. The Hall–Kier alpha value is -3.80. The van der Waals surface area contributed by atoms with Crippen LogP contribution < -0.4 is 5.56 Å². The Bertz CT molecular complexity index is 1640. The zero-order valence-corrected chi connectivity index (χ0v) is 23.1. The van der Waals surface area contributed by atoms with Crippen LogP contribution in [0.25, 0.3) is 16.9 Å². The minimum absolute atomic E-state index is 0.00161. The molecule has 0 amide bonds. The Morgan fingerprint density at radius 2 is 1.90 bits per heavy atom. The first-order valence-electron chi connectivity index (χ1n) is 14.2. The maximum atomic E-state index is 14.2. The van der Waals surface area contributed by atoms with Gasteiger partial charge in [0.1, 0.15) is 6.33 Å². The van der Waals surface area contributed by atoms with Crippen LogP contribution in [0, 0.1) is 11.3 Å². The van der Waals surface area contributed by atoms with E-state index in [1.165, 1.54) is 6.33 Å². The van der Waals surface area contributed by atoms with E-state index in [0.29, 0.717) is 30.8 Å². The molecule has 6 rings (SSSR count). The minimum Gasteiger partial charge on any atom is -0.388 e. The van der Waals surface area contributed by atoms with Crippen molar-refractivity contribution < 1.29 is 9.84 Å². The highest BCUT2D eigenvalue weighted by atomic mass is 16.5. The van der Waals surface area contributed by atoms with Crippen molar-refractivity contribution in [1.29, 1.82) is 5.26 Å². The fraction of sp³-hybridized carbons (Fsp3) is 0.438. The highest BCUT2D eigenvalue weighted by molar-refractivity contribution is 5.70. The number of nitrogens with zero attached hydrogens (tertiary/aromatic N) is 5. The lowest BCUT2D eigenvalue weighted by molar-refractivity contribution is -0.0371. The molecule has 0 radical (unpaired) electrons. The molecule has 1 unspecified atom stereocenters. The molecule has 2 aliphatic rings. The summed E-state index contributed by atoms with van der Waals surface area (Å²) in [5, 5.41) is 24.6. The lowest BCUT2D eigenvalue weighted by Gasteiger charge is -2.37. The van der Waals surface area contributed by atoms with Crippen molar-refractivity contribution in [3.05, 3.63) is 87.6 Å². The summed E-state index contributed by atoms with van der Waals surface area (Å²) >= 11 is 0. The Morgan fingerprint density at radius 1 is 1.15 bits per heavy atom. The summed E-state index contributed by atoms with van der Waals surface area (Å²) in [6.45, 7) is 4.31. The number of nitriles is 1. The van der Waals surface area contributed by atoms with Crippen molar-refractivity contribution in [1.82, 2.24) is 19.2 Å². The molecule has 2 aromatic heterocycles. The monoisotopic (exact) mass is 537 g/mol. The summed E-state index contributed by atoms with van der Waals surface area (Å²) in [4.78, 5) is 18.8. The van der Waals surface area contributed by atoms with Gasteiger partial charge in [0, 0.05) is 24.4 Å². The third-order valence-corrected chi connectivity index (χ3v) is 8.63. The average Bonchev–Trinajstić information content (AvgIpc) is 3.56. The number of fused-ring (bicyclic) bond motifs is 1. The normalized spacial score (nSPS) is 24.5. The SMILES string of the molecule is CCCc1c(Cc2ccc(-c3ccccc3C#N)cc2)c(=O)n([C@H]2CC[C@]3(CC2)CC(C)(O)CO3)c2ncnn12. The van der Waals surface area contributed by atoms with E-state index in [-0.39, 0.29) is 17.2 Å². The second kappa shape index (κ2) is 10.3. The second-order valence-electron chi connectivity index (χ2n) is 11.7. The number of hydrogen-bond donors (Lipinski definition) is 1. The van der Waals surface area contributed by atoms with Gasteiger partial charge in [0.15, 0.2) is 0 Å². The number of aromatic nitrogens is 4. The highest BCUT2D eigenvalue weighted by Gasteiger charge is 2.48. The first kappa shape index (κ1) is 26.4. The van der Waals surface area contributed by atoms with Crippen LogP contribution in [0.4, 0.5) is 0 Å². The summed E-state index contributed by atoms with van der Waals surface area (Å²) in [5.41, 5.74) is 4.13. The van der Waals surface area contributed by atoms with Gasteiger partial charge in [-0.25, -0.2) is 4.52 Å². The van der Waals surface area contributed by atoms with Crippen molar-refractivity contribution in [2.45, 2.75) is 82.5 Å². The van der Waals surface area contributed by atoms with Gasteiger partial charge >= 0.3 is 0 Å². The molecule has 1 saturated heterocycles. The topological polar surface area (TPSA) is 105 Å². The van der Waals surface area contributed by atoms with Gasteiger partial charge < -0.3 is 9.84 Å². The minimum atomic E-state index is -0.787. The molecule has 40 heavy (non-hydrogen) atoms. The summed E-state index contributed by atoms with van der Waals surface area (Å²) in [5.74, 6) is 0.598. The smallest absolute Gasteiger partial charge is 0.259 e. The molecular weight excluding hydrogens is 502 g/mol. The zero-order valence-electron chi connectivity index (χ0n) is 23.1. The quantitative estimate of drug-likeness (QED) is 0.371. The Morgan fingerprint density at radius 3 is 2.58 bits per heavy atom. The third-order valence-electron chi connectivity index (χ3n) is 8.63. The molecule has 1 aliphatic heterocycles. The van der Waals surface area contributed by atoms with Crippen LogP contribution in [0.3, 0.4) is 0 Å². The molecule has 0 bridgehead atoms. The van der Waals surface area contributed by atoms with Crippen LogP contribution in [0.15, 0.2) is 59.7 Å². The van der Waals surface area contributed by atoms with E-state index in [0.717, 1.165) is 66.5 Å². The number of aliphatic hydroxyl groups is 1. The predicted molar refractivity (Wildman–Crippen MR) is 152 cm³/mol. The fourth-order valence-electron chi connectivity index (χ4n) is 6.73. The maximum Gasteiger partial charge on any atom is 0.259 e. The van der Waals surface area contributed by atoms with Gasteiger partial charge in [-0.15, -0.1) is 0 Å². The molecule has 1 aliphatic carbocycles. The van der Waals surface area contributed by atoms with E-state index in [4.69, 9.17) is 4.74 Å². The molecule has 206 valence electrons. The van der Waals surface area contributed by atoms with E-state index in [9.17, 15) is 15.2 Å². The second-order valence-corrected chi connectivity index (χ2v) is 11.7. The van der Waals surface area contributed by atoms with Crippen molar-refractivity contribution in [2.24, 2.45) is 0 Å². The van der Waals surface area contributed by atoms with Gasteiger partial charge in [-0.3, -0.25) is 9.36 Å². The van der Waals surface area contributed by atoms with Crippen LogP contribution in [-0.2, 0) is 17.6 Å². The van der Waals surface area contributed by atoms with E-state index in [1.54, 1.807) is 0 Å². The van der Waals surface area contributed by atoms with Gasteiger partial charge in [0.05, 0.1) is 35.1 Å². The number of aryl methyl sites for hydroxylation is 1. The number of benzene rings is 2. The van der Waals surface area contributed by atoms with Crippen LogP contribution >= 0.6 is 0 Å². The lowest BCUT2D eigenvalue weighted by Crippen LogP contribution is -2.39. The van der Waals surface area contributed by atoms with Crippen LogP contribution in [0.2, 0.25) is 0 Å². The molecule has 1 N–H and O–H groups in total. The molecule has 1 atom stereocenters. The van der Waals surface area contributed by atoms with Crippen LogP contribution in [-0.4, -0.2) is 42.1 Å². The molecule has 2 fully saturated rings. The molecule has 1 saturated carbocycles. The molecule has 3 heterocycles. The number of rotatable bonds is 6. The summed E-state index contributed by atoms with van der Waals surface area (Å²) < 4.78 is 9.83. The van der Waals surface area contributed by atoms with E-state index in [1.807, 2.05) is 64.5 Å². The van der Waals surface area contributed by atoms with Gasteiger partial charge in [-0.1, -0.05) is 55.8 Å². The molecule has 4 aromatic rings. The van der Waals surface area contributed by atoms with Crippen molar-refractivity contribution >= 4 is 5.78 Å². The molecule has 2 aromatic carbocycles. The summed E-state index contributed by atoms with van der Waals surface area (Å²) in [6, 6.07) is 18.0.